The molecule has 0 aliphatic rings. The van der Waals surface area contributed by atoms with E-state index in [2.05, 4.69) is 212 Å². The second-order valence-electron chi connectivity index (χ2n) is 16.3. The maximum atomic E-state index is 6.91. The Bertz CT molecular complexity index is 3680. The summed E-state index contributed by atoms with van der Waals surface area (Å²) in [5.41, 5.74) is 15.6. The number of benzene rings is 10. The van der Waals surface area contributed by atoms with E-state index >= 15 is 0 Å². The largest absolute Gasteiger partial charge is 0.455 e. The van der Waals surface area contributed by atoms with Crippen LogP contribution in [0.3, 0.4) is 0 Å². The van der Waals surface area contributed by atoms with Crippen LogP contribution in [0.25, 0.3) is 123 Å². The Kier molecular flexibility index (Phi) is 9.46. The first-order valence-corrected chi connectivity index (χ1v) is 21.9. The van der Waals surface area contributed by atoms with Gasteiger partial charge in [-0.15, -0.1) is 0 Å². The molecule has 0 N–H and O–H groups in total. The summed E-state index contributed by atoms with van der Waals surface area (Å²) < 4.78 is 6.91. The molecule has 4 heteroatoms. The molecule has 0 fully saturated rings. The summed E-state index contributed by atoms with van der Waals surface area (Å²) in [5.74, 6) is 1.77. The fourth-order valence-corrected chi connectivity index (χ4v) is 9.08. The molecule has 0 atom stereocenters. The van der Waals surface area contributed by atoms with Gasteiger partial charge in [-0.1, -0.05) is 212 Å². The predicted molar refractivity (Wildman–Crippen MR) is 268 cm³/mol. The summed E-state index contributed by atoms with van der Waals surface area (Å²) in [6.07, 6.45) is 0. The molecule has 0 unspecified atom stereocenters. The molecule has 0 amide bonds. The van der Waals surface area contributed by atoms with E-state index in [9.17, 15) is 0 Å². The van der Waals surface area contributed by atoms with Crippen LogP contribution < -0.4 is 0 Å². The minimum atomic E-state index is 0.576. The highest BCUT2D eigenvalue weighted by atomic mass is 16.3. The molecule has 0 aliphatic heterocycles. The van der Waals surface area contributed by atoms with E-state index in [1.807, 2.05) is 24.3 Å². The maximum absolute atomic E-state index is 6.91. The average Bonchev–Trinajstić information content (AvgIpc) is 3.79. The molecule has 12 aromatic rings. The second-order valence-corrected chi connectivity index (χ2v) is 16.3. The number of fused-ring (bicyclic) bond motifs is 4. The molecule has 0 aliphatic carbocycles. The van der Waals surface area contributed by atoms with Crippen LogP contribution in [-0.4, -0.2) is 15.0 Å². The number of furan rings is 1. The standard InChI is InChI=1S/C61H39N3O/c1-5-15-40(16-6-1)43-27-29-45(30-28-43)59-62-60(50-34-33-47-37-46(31-32-48(47)38-50)41-17-7-2-8-18-41)64-61(63-59)54-25-14-26-56-57(54)53-24-13-23-52(58(53)65-56)51-36-35-49(42-19-9-3-10-20-42)39-55(51)44-21-11-4-12-22-44/h1-39H. The van der Waals surface area contributed by atoms with Gasteiger partial charge >= 0.3 is 0 Å². The van der Waals surface area contributed by atoms with Crippen molar-refractivity contribution in [2.24, 2.45) is 0 Å². The molecule has 2 aromatic heterocycles. The summed E-state index contributed by atoms with van der Waals surface area (Å²) in [7, 11) is 0. The normalized spacial score (nSPS) is 11.4. The smallest absolute Gasteiger partial charge is 0.164 e. The van der Waals surface area contributed by atoms with Gasteiger partial charge in [0, 0.05) is 33.0 Å². The molecule has 10 aromatic carbocycles. The van der Waals surface area contributed by atoms with E-state index in [0.717, 1.165) is 88.3 Å². The Hall–Kier alpha value is -8.73. The number of rotatable bonds is 8. The fraction of sp³-hybridized carbons (Fsp3) is 0. The molecule has 2 heterocycles. The van der Waals surface area contributed by atoms with Crippen molar-refractivity contribution in [3.05, 3.63) is 237 Å². The molecule has 0 spiro atoms. The molecule has 304 valence electrons. The van der Waals surface area contributed by atoms with E-state index in [1.54, 1.807) is 0 Å². The topological polar surface area (TPSA) is 51.8 Å². The van der Waals surface area contributed by atoms with Crippen molar-refractivity contribution in [2.75, 3.05) is 0 Å². The van der Waals surface area contributed by atoms with E-state index in [0.29, 0.717) is 17.5 Å². The fourth-order valence-electron chi connectivity index (χ4n) is 9.08. The number of hydrogen-bond acceptors (Lipinski definition) is 4. The van der Waals surface area contributed by atoms with Crippen molar-refractivity contribution in [3.63, 3.8) is 0 Å². The van der Waals surface area contributed by atoms with Crippen LogP contribution >= 0.6 is 0 Å². The van der Waals surface area contributed by atoms with Gasteiger partial charge in [-0.3, -0.25) is 0 Å². The second kappa shape index (κ2) is 16.2. The van der Waals surface area contributed by atoms with Gasteiger partial charge in [-0.25, -0.2) is 15.0 Å². The predicted octanol–water partition coefficient (Wildman–Crippen LogP) is 16.3. The monoisotopic (exact) mass is 829 g/mol. The SMILES string of the molecule is c1ccc(-c2ccc(-c3nc(-c4ccc5cc(-c6ccccc6)ccc5c4)nc(-c4cccc5oc6c(-c7ccc(-c8ccccc8)cc7-c7ccccc7)cccc6c45)n3)cc2)cc1. The molecule has 4 nitrogen and oxygen atoms in total. The summed E-state index contributed by atoms with van der Waals surface area (Å²) in [6, 6.07) is 82.9. The summed E-state index contributed by atoms with van der Waals surface area (Å²) in [6.45, 7) is 0. The zero-order chi connectivity index (χ0) is 43.1. The first-order valence-electron chi connectivity index (χ1n) is 21.9. The van der Waals surface area contributed by atoms with Crippen LogP contribution in [0.4, 0.5) is 0 Å². The number of nitrogens with zero attached hydrogens (tertiary/aromatic N) is 3. The lowest BCUT2D eigenvalue weighted by molar-refractivity contribution is 0.670. The van der Waals surface area contributed by atoms with Gasteiger partial charge in [0.2, 0.25) is 0 Å². The minimum absolute atomic E-state index is 0.576. The zero-order valence-electron chi connectivity index (χ0n) is 35.3. The molecule has 65 heavy (non-hydrogen) atoms. The molecule has 0 saturated heterocycles. The van der Waals surface area contributed by atoms with Crippen molar-refractivity contribution in [1.29, 1.82) is 0 Å². The Labute approximate surface area is 376 Å². The highest BCUT2D eigenvalue weighted by Gasteiger charge is 2.21. The summed E-state index contributed by atoms with van der Waals surface area (Å²) >= 11 is 0. The minimum Gasteiger partial charge on any atom is -0.455 e. The first-order chi connectivity index (χ1) is 32.2. The van der Waals surface area contributed by atoms with Crippen molar-refractivity contribution >= 4 is 32.7 Å². The van der Waals surface area contributed by atoms with Crippen LogP contribution in [0.1, 0.15) is 0 Å². The lowest BCUT2D eigenvalue weighted by atomic mass is 9.90. The third kappa shape index (κ3) is 7.13. The summed E-state index contributed by atoms with van der Waals surface area (Å²) in [4.78, 5) is 15.7. The van der Waals surface area contributed by atoms with Crippen molar-refractivity contribution < 1.29 is 4.42 Å². The summed E-state index contributed by atoms with van der Waals surface area (Å²) in [5, 5.41) is 4.22. The molecule has 12 rings (SSSR count). The van der Waals surface area contributed by atoms with Crippen LogP contribution in [-0.2, 0) is 0 Å². The lowest BCUT2D eigenvalue weighted by Crippen LogP contribution is -2.00. The Balaban J connectivity index is 1.02. The highest BCUT2D eigenvalue weighted by molar-refractivity contribution is 6.15. The molecular weight excluding hydrogens is 791 g/mol. The van der Waals surface area contributed by atoms with Gasteiger partial charge in [0.15, 0.2) is 17.5 Å². The van der Waals surface area contributed by atoms with Crippen molar-refractivity contribution in [3.8, 4) is 89.8 Å². The highest BCUT2D eigenvalue weighted by Crippen LogP contribution is 2.44. The van der Waals surface area contributed by atoms with Crippen LogP contribution in [0.15, 0.2) is 241 Å². The van der Waals surface area contributed by atoms with Crippen LogP contribution in [0, 0.1) is 0 Å². The Morgan fingerprint density at radius 2 is 0.723 bits per heavy atom. The van der Waals surface area contributed by atoms with Gasteiger partial charge in [-0.05, 0) is 85.1 Å². The van der Waals surface area contributed by atoms with Gasteiger partial charge in [0.1, 0.15) is 11.2 Å². The number of hydrogen-bond donors (Lipinski definition) is 0. The Morgan fingerprint density at radius 3 is 1.38 bits per heavy atom. The number of aromatic nitrogens is 3. The van der Waals surface area contributed by atoms with E-state index in [-0.39, 0.29) is 0 Å². The van der Waals surface area contributed by atoms with Gasteiger partial charge in [0.25, 0.3) is 0 Å². The van der Waals surface area contributed by atoms with E-state index in [1.165, 1.54) is 16.7 Å². The van der Waals surface area contributed by atoms with Gasteiger partial charge < -0.3 is 4.42 Å². The van der Waals surface area contributed by atoms with E-state index in [4.69, 9.17) is 19.4 Å². The lowest BCUT2D eigenvalue weighted by Gasteiger charge is -2.13. The molecule has 0 bridgehead atoms. The van der Waals surface area contributed by atoms with Gasteiger partial charge in [0.05, 0.1) is 0 Å². The average molecular weight is 830 g/mol. The van der Waals surface area contributed by atoms with Crippen molar-refractivity contribution in [2.45, 2.75) is 0 Å². The number of para-hydroxylation sites is 1. The third-order valence-corrected chi connectivity index (χ3v) is 12.4. The van der Waals surface area contributed by atoms with Crippen LogP contribution in [0.5, 0.6) is 0 Å². The quantitative estimate of drug-likeness (QED) is 0.153. The third-order valence-electron chi connectivity index (χ3n) is 12.4. The molecule has 0 radical (unpaired) electrons. The maximum Gasteiger partial charge on any atom is 0.164 e. The zero-order valence-corrected chi connectivity index (χ0v) is 35.3. The van der Waals surface area contributed by atoms with Gasteiger partial charge in [-0.2, -0.15) is 0 Å². The molecular formula is C61H39N3O. The molecule has 0 saturated carbocycles. The van der Waals surface area contributed by atoms with E-state index < -0.39 is 0 Å². The Morgan fingerprint density at radius 1 is 0.262 bits per heavy atom. The van der Waals surface area contributed by atoms with Crippen LogP contribution in [0.2, 0.25) is 0 Å². The first kappa shape index (κ1) is 38.0. The van der Waals surface area contributed by atoms with Crippen molar-refractivity contribution in [1.82, 2.24) is 15.0 Å².